The highest BCUT2D eigenvalue weighted by Crippen LogP contribution is 2.02. The van der Waals surface area contributed by atoms with E-state index in [2.05, 4.69) is 17.6 Å². The van der Waals surface area contributed by atoms with Gasteiger partial charge in [0.1, 0.15) is 0 Å². The van der Waals surface area contributed by atoms with E-state index in [-0.39, 0.29) is 18.9 Å². The van der Waals surface area contributed by atoms with Crippen LogP contribution in [0.3, 0.4) is 0 Å². The first-order valence-corrected chi connectivity index (χ1v) is 6.27. The number of hydrogen-bond acceptors (Lipinski definition) is 3. The summed E-state index contributed by atoms with van der Waals surface area (Å²) in [5.74, 6) is -1.63. The Labute approximate surface area is 107 Å². The summed E-state index contributed by atoms with van der Waals surface area (Å²) in [6.07, 6.45) is 3.67. The summed E-state index contributed by atoms with van der Waals surface area (Å²) in [7, 11) is 0. The molecule has 0 aromatic rings. The second-order valence-corrected chi connectivity index (χ2v) is 4.31. The second-order valence-electron chi connectivity index (χ2n) is 4.31. The van der Waals surface area contributed by atoms with Gasteiger partial charge in [0.25, 0.3) is 0 Å². The van der Waals surface area contributed by atoms with Gasteiger partial charge in [-0.2, -0.15) is 0 Å². The number of amides is 3. The Kier molecular flexibility index (Phi) is 8.61. The second kappa shape index (κ2) is 9.44. The van der Waals surface area contributed by atoms with Crippen LogP contribution >= 0.6 is 0 Å². The molecule has 3 amide bonds. The van der Waals surface area contributed by atoms with Gasteiger partial charge >= 0.3 is 12.0 Å². The molecule has 0 spiro atoms. The molecule has 18 heavy (non-hydrogen) atoms. The Bertz CT molecular complexity index is 292. The van der Waals surface area contributed by atoms with Crippen molar-refractivity contribution in [1.29, 1.82) is 0 Å². The van der Waals surface area contributed by atoms with Crippen LogP contribution < -0.4 is 10.6 Å². The standard InChI is InChI=1S/C12H22N2O4/c1-3-4-5-6-9(2)13-12(18)14-10(15)7-8-11(16)17/h9H,3-8H2,1-2H3,(H,16,17)(H2,13,14,15,18). The van der Waals surface area contributed by atoms with Gasteiger partial charge in [-0.1, -0.05) is 26.2 Å². The van der Waals surface area contributed by atoms with E-state index in [0.717, 1.165) is 25.7 Å². The minimum atomic E-state index is -1.06. The Hall–Kier alpha value is -1.59. The van der Waals surface area contributed by atoms with Gasteiger partial charge in [0.2, 0.25) is 5.91 Å². The summed E-state index contributed by atoms with van der Waals surface area (Å²) in [6, 6.07) is -0.557. The van der Waals surface area contributed by atoms with Crippen molar-refractivity contribution in [3.63, 3.8) is 0 Å². The zero-order chi connectivity index (χ0) is 14.0. The molecule has 0 aliphatic heterocycles. The molecular formula is C12H22N2O4. The van der Waals surface area contributed by atoms with Gasteiger partial charge in [0.15, 0.2) is 0 Å². The SMILES string of the molecule is CCCCCC(C)NC(=O)NC(=O)CCC(=O)O. The van der Waals surface area contributed by atoms with Gasteiger partial charge in [-0.05, 0) is 13.3 Å². The zero-order valence-electron chi connectivity index (χ0n) is 11.0. The van der Waals surface area contributed by atoms with Gasteiger partial charge < -0.3 is 10.4 Å². The third-order valence-corrected chi connectivity index (χ3v) is 2.44. The van der Waals surface area contributed by atoms with Crippen molar-refractivity contribution in [2.75, 3.05) is 0 Å². The highest BCUT2D eigenvalue weighted by atomic mass is 16.4. The lowest BCUT2D eigenvalue weighted by Gasteiger charge is -2.13. The van der Waals surface area contributed by atoms with E-state index in [4.69, 9.17) is 5.11 Å². The number of carbonyl (C=O) groups excluding carboxylic acids is 2. The van der Waals surface area contributed by atoms with E-state index < -0.39 is 17.9 Å². The van der Waals surface area contributed by atoms with E-state index in [0.29, 0.717) is 0 Å². The number of carboxylic acids is 1. The maximum atomic E-state index is 11.4. The minimum Gasteiger partial charge on any atom is -0.481 e. The molecule has 0 radical (unpaired) electrons. The fourth-order valence-corrected chi connectivity index (χ4v) is 1.44. The summed E-state index contributed by atoms with van der Waals surface area (Å²) in [4.78, 5) is 32.7. The number of nitrogens with one attached hydrogen (secondary N) is 2. The molecule has 0 aromatic heterocycles. The van der Waals surface area contributed by atoms with Crippen molar-refractivity contribution < 1.29 is 19.5 Å². The van der Waals surface area contributed by atoms with Gasteiger partial charge in [-0.3, -0.25) is 14.9 Å². The summed E-state index contributed by atoms with van der Waals surface area (Å²) >= 11 is 0. The predicted octanol–water partition coefficient (Wildman–Crippen LogP) is 1.65. The smallest absolute Gasteiger partial charge is 0.321 e. The monoisotopic (exact) mass is 258 g/mol. The van der Waals surface area contributed by atoms with Crippen LogP contribution in [0.4, 0.5) is 4.79 Å². The maximum absolute atomic E-state index is 11.4. The summed E-state index contributed by atoms with van der Waals surface area (Å²) < 4.78 is 0. The number of carboxylic acid groups (broad SMARTS) is 1. The van der Waals surface area contributed by atoms with Crippen LogP contribution in [0.5, 0.6) is 0 Å². The Morgan fingerprint density at radius 1 is 1.17 bits per heavy atom. The molecular weight excluding hydrogens is 236 g/mol. The largest absolute Gasteiger partial charge is 0.481 e. The fourth-order valence-electron chi connectivity index (χ4n) is 1.44. The first kappa shape index (κ1) is 16.4. The molecule has 0 rings (SSSR count). The van der Waals surface area contributed by atoms with Gasteiger partial charge in [0.05, 0.1) is 6.42 Å². The zero-order valence-corrected chi connectivity index (χ0v) is 11.0. The molecule has 0 aromatic carbocycles. The maximum Gasteiger partial charge on any atom is 0.321 e. The predicted molar refractivity (Wildman–Crippen MR) is 67.1 cm³/mol. The van der Waals surface area contributed by atoms with Crippen LogP contribution in [-0.2, 0) is 9.59 Å². The average Bonchev–Trinajstić information content (AvgIpc) is 2.26. The van der Waals surface area contributed by atoms with Crippen LogP contribution in [0.1, 0.15) is 52.4 Å². The number of carbonyl (C=O) groups is 3. The van der Waals surface area contributed by atoms with Crippen LogP contribution in [0.15, 0.2) is 0 Å². The topological polar surface area (TPSA) is 95.5 Å². The summed E-state index contributed by atoms with van der Waals surface area (Å²) in [5.41, 5.74) is 0. The lowest BCUT2D eigenvalue weighted by Crippen LogP contribution is -2.43. The lowest BCUT2D eigenvalue weighted by atomic mass is 10.1. The normalized spacial score (nSPS) is 11.7. The average molecular weight is 258 g/mol. The molecule has 6 nitrogen and oxygen atoms in total. The Morgan fingerprint density at radius 3 is 2.39 bits per heavy atom. The number of aliphatic carboxylic acids is 1. The molecule has 1 atom stereocenters. The van der Waals surface area contributed by atoms with Crippen LogP contribution in [0.25, 0.3) is 0 Å². The Balaban J connectivity index is 3.74. The molecule has 0 aliphatic carbocycles. The third kappa shape index (κ3) is 9.62. The van der Waals surface area contributed by atoms with Crippen LogP contribution in [0.2, 0.25) is 0 Å². The number of unbranched alkanes of at least 4 members (excludes halogenated alkanes) is 2. The molecule has 0 saturated carbocycles. The molecule has 6 heteroatoms. The van der Waals surface area contributed by atoms with E-state index in [1.165, 1.54) is 0 Å². The molecule has 0 heterocycles. The molecule has 0 saturated heterocycles. The number of hydrogen-bond donors (Lipinski definition) is 3. The third-order valence-electron chi connectivity index (χ3n) is 2.44. The van der Waals surface area contributed by atoms with Crippen molar-refractivity contribution in [1.82, 2.24) is 10.6 Å². The molecule has 0 bridgehead atoms. The minimum absolute atomic E-state index is 0.00354. The van der Waals surface area contributed by atoms with Gasteiger partial charge in [0, 0.05) is 12.5 Å². The number of rotatable bonds is 8. The first-order valence-electron chi connectivity index (χ1n) is 6.27. The fraction of sp³-hybridized carbons (Fsp3) is 0.750. The van der Waals surface area contributed by atoms with Gasteiger partial charge in [-0.15, -0.1) is 0 Å². The van der Waals surface area contributed by atoms with Crippen molar-refractivity contribution in [3.8, 4) is 0 Å². The van der Waals surface area contributed by atoms with Gasteiger partial charge in [-0.25, -0.2) is 4.79 Å². The van der Waals surface area contributed by atoms with E-state index >= 15 is 0 Å². The van der Waals surface area contributed by atoms with Crippen LogP contribution in [0, 0.1) is 0 Å². The molecule has 0 aliphatic rings. The lowest BCUT2D eigenvalue weighted by molar-refractivity contribution is -0.138. The first-order chi connectivity index (χ1) is 8.45. The Morgan fingerprint density at radius 2 is 1.83 bits per heavy atom. The highest BCUT2D eigenvalue weighted by Gasteiger charge is 2.11. The molecule has 0 fully saturated rings. The number of imide groups is 1. The van der Waals surface area contributed by atoms with E-state index in [9.17, 15) is 14.4 Å². The van der Waals surface area contributed by atoms with E-state index in [1.54, 1.807) is 0 Å². The molecule has 104 valence electrons. The van der Waals surface area contributed by atoms with E-state index in [1.807, 2.05) is 6.92 Å². The highest BCUT2D eigenvalue weighted by molar-refractivity contribution is 5.95. The molecule has 1 unspecified atom stereocenters. The van der Waals surface area contributed by atoms with Crippen LogP contribution in [-0.4, -0.2) is 29.1 Å². The van der Waals surface area contributed by atoms with Crippen molar-refractivity contribution >= 4 is 17.9 Å². The summed E-state index contributed by atoms with van der Waals surface area (Å²) in [5, 5.41) is 13.1. The summed E-state index contributed by atoms with van der Waals surface area (Å²) in [6.45, 7) is 3.98. The van der Waals surface area contributed by atoms with Crippen molar-refractivity contribution in [3.05, 3.63) is 0 Å². The van der Waals surface area contributed by atoms with Crippen molar-refractivity contribution in [2.24, 2.45) is 0 Å². The quantitative estimate of drug-likeness (QED) is 0.577. The van der Waals surface area contributed by atoms with Crippen molar-refractivity contribution in [2.45, 2.75) is 58.4 Å². The molecule has 3 N–H and O–H groups in total. The number of urea groups is 1.